The van der Waals surface area contributed by atoms with Crippen molar-refractivity contribution in [3.8, 4) is 5.75 Å². The van der Waals surface area contributed by atoms with Crippen molar-refractivity contribution in [3.63, 3.8) is 0 Å². The van der Waals surface area contributed by atoms with Crippen molar-refractivity contribution in [1.82, 2.24) is 9.78 Å². The molecule has 0 aliphatic rings. The highest BCUT2D eigenvalue weighted by Gasteiger charge is 2.14. The largest absolute Gasteiger partial charge is 0.506 e. The van der Waals surface area contributed by atoms with Crippen LogP contribution in [0.3, 0.4) is 0 Å². The number of carboxylic acid groups (broad SMARTS) is 1. The molecule has 2 aromatic rings. The fourth-order valence-electron chi connectivity index (χ4n) is 1.55. The average molecular weight is 261 g/mol. The first-order chi connectivity index (χ1) is 8.99. The Hall–Kier alpha value is -2.83. The van der Waals surface area contributed by atoms with Gasteiger partial charge in [-0.2, -0.15) is 5.10 Å². The fourth-order valence-corrected chi connectivity index (χ4v) is 1.55. The first-order valence-corrected chi connectivity index (χ1v) is 5.34. The van der Waals surface area contributed by atoms with E-state index in [1.165, 1.54) is 35.1 Å². The number of phenols is 1. The minimum atomic E-state index is -1.14. The lowest BCUT2D eigenvalue weighted by Crippen LogP contribution is -2.16. The lowest BCUT2D eigenvalue weighted by atomic mass is 10.2. The Morgan fingerprint density at radius 1 is 1.32 bits per heavy atom. The number of nitrogens with zero attached hydrogens (tertiary/aromatic N) is 2. The van der Waals surface area contributed by atoms with Crippen molar-refractivity contribution < 1.29 is 19.8 Å². The second-order valence-corrected chi connectivity index (χ2v) is 3.83. The molecule has 0 bridgehead atoms. The van der Waals surface area contributed by atoms with Gasteiger partial charge in [0.05, 0.1) is 11.3 Å². The third-order valence-electron chi connectivity index (χ3n) is 2.55. The zero-order valence-electron chi connectivity index (χ0n) is 9.99. The van der Waals surface area contributed by atoms with Crippen molar-refractivity contribution in [2.24, 2.45) is 7.05 Å². The number of amides is 1. The maximum atomic E-state index is 11.9. The molecule has 0 aliphatic carbocycles. The maximum Gasteiger partial charge on any atom is 0.335 e. The minimum Gasteiger partial charge on any atom is -0.506 e. The second kappa shape index (κ2) is 4.81. The number of phenolic OH excluding ortho intramolecular Hbond substituents is 1. The van der Waals surface area contributed by atoms with Gasteiger partial charge in [-0.05, 0) is 24.3 Å². The molecule has 0 spiro atoms. The number of rotatable bonds is 3. The number of hydrogen-bond acceptors (Lipinski definition) is 4. The van der Waals surface area contributed by atoms with Gasteiger partial charge in [-0.15, -0.1) is 0 Å². The van der Waals surface area contributed by atoms with E-state index in [-0.39, 0.29) is 17.0 Å². The molecule has 2 rings (SSSR count). The Labute approximate surface area is 108 Å². The van der Waals surface area contributed by atoms with Crippen LogP contribution < -0.4 is 5.32 Å². The standard InChI is InChI=1S/C12H11N3O4/c1-15-9(4-5-13-15)11(17)14-8-6-7(12(18)19)2-3-10(8)16/h2-6,16H,1H3,(H,14,17)(H,18,19). The lowest BCUT2D eigenvalue weighted by Gasteiger charge is -2.08. The number of anilines is 1. The summed E-state index contributed by atoms with van der Waals surface area (Å²) in [6.45, 7) is 0. The van der Waals surface area contributed by atoms with Crippen molar-refractivity contribution in [1.29, 1.82) is 0 Å². The highest BCUT2D eigenvalue weighted by molar-refractivity contribution is 6.04. The number of carbonyl (C=O) groups excluding carboxylic acids is 1. The van der Waals surface area contributed by atoms with Crippen molar-refractivity contribution in [2.45, 2.75) is 0 Å². The summed E-state index contributed by atoms with van der Waals surface area (Å²) in [6, 6.07) is 5.15. The Kier molecular flexibility index (Phi) is 3.19. The van der Waals surface area contributed by atoms with Crippen LogP contribution >= 0.6 is 0 Å². The van der Waals surface area contributed by atoms with E-state index < -0.39 is 11.9 Å². The molecule has 7 heteroatoms. The van der Waals surface area contributed by atoms with Crippen molar-refractivity contribution >= 4 is 17.6 Å². The highest BCUT2D eigenvalue weighted by Crippen LogP contribution is 2.24. The zero-order chi connectivity index (χ0) is 14.0. The van der Waals surface area contributed by atoms with Crippen LogP contribution in [0.2, 0.25) is 0 Å². The molecule has 1 heterocycles. The molecule has 0 atom stereocenters. The highest BCUT2D eigenvalue weighted by atomic mass is 16.4. The molecular formula is C12H11N3O4. The van der Waals surface area contributed by atoms with Crippen LogP contribution in [0.5, 0.6) is 5.75 Å². The number of aromatic nitrogens is 2. The Bertz CT molecular complexity index is 648. The third kappa shape index (κ3) is 2.54. The van der Waals surface area contributed by atoms with Gasteiger partial charge < -0.3 is 15.5 Å². The molecule has 7 nitrogen and oxygen atoms in total. The molecule has 0 radical (unpaired) electrons. The number of carboxylic acids is 1. The Morgan fingerprint density at radius 3 is 2.63 bits per heavy atom. The number of hydrogen-bond donors (Lipinski definition) is 3. The van der Waals surface area contributed by atoms with Gasteiger partial charge in [0.15, 0.2) is 0 Å². The average Bonchev–Trinajstić information content (AvgIpc) is 2.78. The van der Waals surface area contributed by atoms with Gasteiger partial charge in [0.25, 0.3) is 5.91 Å². The fraction of sp³-hybridized carbons (Fsp3) is 0.0833. The van der Waals surface area contributed by atoms with Crippen LogP contribution in [0.4, 0.5) is 5.69 Å². The molecule has 0 fully saturated rings. The molecule has 98 valence electrons. The molecule has 1 aromatic heterocycles. The van der Waals surface area contributed by atoms with Crippen LogP contribution in [0.1, 0.15) is 20.8 Å². The van der Waals surface area contributed by atoms with Gasteiger partial charge in [0.2, 0.25) is 0 Å². The van der Waals surface area contributed by atoms with Gasteiger partial charge in [0, 0.05) is 13.2 Å². The van der Waals surface area contributed by atoms with Gasteiger partial charge in [-0.3, -0.25) is 9.48 Å². The lowest BCUT2D eigenvalue weighted by molar-refractivity contribution is 0.0696. The minimum absolute atomic E-state index is 0.0295. The molecule has 0 unspecified atom stereocenters. The number of aromatic hydroxyl groups is 1. The van der Waals surface area contributed by atoms with Gasteiger partial charge in [0.1, 0.15) is 11.4 Å². The van der Waals surface area contributed by atoms with Crippen LogP contribution in [-0.4, -0.2) is 31.9 Å². The summed E-state index contributed by atoms with van der Waals surface area (Å²) >= 11 is 0. The summed E-state index contributed by atoms with van der Waals surface area (Å²) in [5.41, 5.74) is 0.296. The summed E-state index contributed by atoms with van der Waals surface area (Å²) in [5.74, 6) is -1.84. The van der Waals surface area contributed by atoms with Crippen molar-refractivity contribution in [2.75, 3.05) is 5.32 Å². The summed E-state index contributed by atoms with van der Waals surface area (Å²) < 4.78 is 1.37. The second-order valence-electron chi connectivity index (χ2n) is 3.83. The number of nitrogens with one attached hydrogen (secondary N) is 1. The van der Waals surface area contributed by atoms with Crippen LogP contribution in [0, 0.1) is 0 Å². The third-order valence-corrected chi connectivity index (χ3v) is 2.55. The Balaban J connectivity index is 2.28. The van der Waals surface area contributed by atoms with Crippen LogP contribution in [-0.2, 0) is 7.05 Å². The topological polar surface area (TPSA) is 104 Å². The summed E-state index contributed by atoms with van der Waals surface area (Å²) in [7, 11) is 1.60. The number of aromatic carboxylic acids is 1. The van der Waals surface area contributed by atoms with Gasteiger partial charge in [-0.1, -0.05) is 0 Å². The number of benzene rings is 1. The van der Waals surface area contributed by atoms with E-state index >= 15 is 0 Å². The van der Waals surface area contributed by atoms with E-state index in [4.69, 9.17) is 5.11 Å². The quantitative estimate of drug-likeness (QED) is 0.717. The van der Waals surface area contributed by atoms with E-state index in [0.29, 0.717) is 5.69 Å². The van der Waals surface area contributed by atoms with Gasteiger partial charge >= 0.3 is 5.97 Å². The molecule has 1 aromatic carbocycles. The van der Waals surface area contributed by atoms with E-state index in [0.717, 1.165) is 0 Å². The SMILES string of the molecule is Cn1nccc1C(=O)Nc1cc(C(=O)O)ccc1O. The number of carbonyl (C=O) groups is 2. The van der Waals surface area contributed by atoms with Crippen molar-refractivity contribution in [3.05, 3.63) is 41.7 Å². The zero-order valence-corrected chi connectivity index (χ0v) is 9.99. The van der Waals surface area contributed by atoms with E-state index in [1.54, 1.807) is 7.05 Å². The molecular weight excluding hydrogens is 250 g/mol. The molecule has 1 amide bonds. The maximum absolute atomic E-state index is 11.9. The Morgan fingerprint density at radius 2 is 2.05 bits per heavy atom. The smallest absolute Gasteiger partial charge is 0.335 e. The molecule has 0 saturated heterocycles. The van der Waals surface area contributed by atoms with E-state index in [1.807, 2.05) is 0 Å². The summed E-state index contributed by atoms with van der Waals surface area (Å²) in [4.78, 5) is 22.7. The van der Waals surface area contributed by atoms with Crippen LogP contribution in [0.15, 0.2) is 30.5 Å². The molecule has 19 heavy (non-hydrogen) atoms. The first kappa shape index (κ1) is 12.6. The summed E-state index contributed by atoms with van der Waals surface area (Å²) in [5, 5.41) is 24.7. The number of aryl methyl sites for hydroxylation is 1. The monoisotopic (exact) mass is 261 g/mol. The van der Waals surface area contributed by atoms with Crippen LogP contribution in [0.25, 0.3) is 0 Å². The van der Waals surface area contributed by atoms with E-state index in [9.17, 15) is 14.7 Å². The molecule has 0 saturated carbocycles. The molecule has 0 aliphatic heterocycles. The first-order valence-electron chi connectivity index (χ1n) is 5.34. The normalized spacial score (nSPS) is 10.2. The predicted octanol–water partition coefficient (Wildman–Crippen LogP) is 1.08. The predicted molar refractivity (Wildman–Crippen MR) is 66.2 cm³/mol. The van der Waals surface area contributed by atoms with E-state index in [2.05, 4.69) is 10.4 Å². The van der Waals surface area contributed by atoms with Gasteiger partial charge in [-0.25, -0.2) is 4.79 Å². The molecule has 3 N–H and O–H groups in total. The summed E-state index contributed by atoms with van der Waals surface area (Å²) in [6.07, 6.45) is 1.46.